The van der Waals surface area contributed by atoms with Gasteiger partial charge in [-0.15, -0.1) is 0 Å². The number of hydrogen-bond donors (Lipinski definition) is 1. The molecule has 18 heavy (non-hydrogen) atoms. The van der Waals surface area contributed by atoms with Gasteiger partial charge in [0.1, 0.15) is 0 Å². The molecule has 0 aromatic rings. The van der Waals surface area contributed by atoms with Crippen molar-refractivity contribution in [2.24, 2.45) is 5.73 Å². The molecule has 1 aliphatic rings. The van der Waals surface area contributed by atoms with Crippen molar-refractivity contribution >= 4 is 23.1 Å². The fourth-order valence-corrected chi connectivity index (χ4v) is 2.15. The smallest absolute Gasteiger partial charge is 0.224 e. The van der Waals surface area contributed by atoms with Crippen molar-refractivity contribution < 1.29 is 9.53 Å². The van der Waals surface area contributed by atoms with Crippen LogP contribution in [0.15, 0.2) is 0 Å². The van der Waals surface area contributed by atoms with Crippen LogP contribution in [0.5, 0.6) is 0 Å². The topological polar surface area (TPSA) is 58.8 Å². The molecule has 1 saturated heterocycles. The second-order valence-corrected chi connectivity index (χ2v) is 4.91. The Morgan fingerprint density at radius 2 is 2.00 bits per heavy atom. The molecule has 0 aromatic carbocycles. The Morgan fingerprint density at radius 1 is 1.39 bits per heavy atom. The maximum absolute atomic E-state index is 11.9. The highest BCUT2D eigenvalue weighted by atomic mass is 32.1. The van der Waals surface area contributed by atoms with E-state index in [1.54, 1.807) is 0 Å². The Kier molecular flexibility index (Phi) is 6.52. The monoisotopic (exact) mass is 273 g/mol. The molecule has 2 N–H and O–H groups in total. The molecular weight excluding hydrogens is 250 g/mol. The van der Waals surface area contributed by atoms with E-state index in [1.807, 2.05) is 18.7 Å². The number of thiocarbonyl (C=S) groups is 1. The third-order valence-electron chi connectivity index (χ3n) is 3.29. The van der Waals surface area contributed by atoms with E-state index >= 15 is 0 Å². The molecular formula is C12H23N3O2S. The van der Waals surface area contributed by atoms with Gasteiger partial charge >= 0.3 is 0 Å². The average molecular weight is 273 g/mol. The Morgan fingerprint density at radius 3 is 2.50 bits per heavy atom. The molecule has 1 fully saturated rings. The highest BCUT2D eigenvalue weighted by Gasteiger charge is 2.24. The lowest BCUT2D eigenvalue weighted by atomic mass is 10.2. The molecule has 1 rings (SSSR count). The normalized spacial score (nSPS) is 18.7. The Labute approximate surface area is 114 Å². The summed E-state index contributed by atoms with van der Waals surface area (Å²) in [6.07, 6.45) is 0.471. The van der Waals surface area contributed by atoms with Gasteiger partial charge in [-0.05, 0) is 13.8 Å². The molecule has 5 nitrogen and oxygen atoms in total. The molecule has 0 aliphatic carbocycles. The predicted octanol–water partition coefficient (Wildman–Crippen LogP) is 0.232. The van der Waals surface area contributed by atoms with E-state index in [-0.39, 0.29) is 11.9 Å². The van der Waals surface area contributed by atoms with Crippen LogP contribution in [0.25, 0.3) is 0 Å². The van der Waals surface area contributed by atoms with Gasteiger partial charge in [0.25, 0.3) is 0 Å². The van der Waals surface area contributed by atoms with Gasteiger partial charge in [-0.25, -0.2) is 0 Å². The van der Waals surface area contributed by atoms with Crippen molar-refractivity contribution in [1.82, 2.24) is 9.80 Å². The van der Waals surface area contributed by atoms with Gasteiger partial charge < -0.3 is 15.4 Å². The van der Waals surface area contributed by atoms with E-state index in [0.29, 0.717) is 24.6 Å². The summed E-state index contributed by atoms with van der Waals surface area (Å²) in [5.41, 5.74) is 5.63. The molecule has 6 heteroatoms. The van der Waals surface area contributed by atoms with Gasteiger partial charge in [0.05, 0.1) is 24.1 Å². The maximum Gasteiger partial charge on any atom is 0.224 e. The van der Waals surface area contributed by atoms with Crippen LogP contribution in [0.4, 0.5) is 0 Å². The summed E-state index contributed by atoms with van der Waals surface area (Å²) in [6.45, 7) is 8.27. The molecule has 0 bridgehead atoms. The second kappa shape index (κ2) is 7.66. The molecule has 1 unspecified atom stereocenters. The first-order valence-electron chi connectivity index (χ1n) is 6.45. The van der Waals surface area contributed by atoms with Gasteiger partial charge in [-0.3, -0.25) is 9.69 Å². The van der Waals surface area contributed by atoms with Gasteiger partial charge in [-0.2, -0.15) is 0 Å². The Balaban J connectivity index is 2.30. The van der Waals surface area contributed by atoms with Crippen LogP contribution in [-0.4, -0.2) is 66.1 Å². The lowest BCUT2D eigenvalue weighted by molar-refractivity contribution is -0.134. The summed E-state index contributed by atoms with van der Waals surface area (Å²) in [5.74, 6) is 0.172. The van der Waals surface area contributed by atoms with Crippen LogP contribution in [0.3, 0.4) is 0 Å². The fraction of sp³-hybridized carbons (Fsp3) is 0.833. The third-order valence-corrected chi connectivity index (χ3v) is 3.63. The third kappa shape index (κ3) is 4.51. The number of carbonyl (C=O) groups excluding carboxylic acids is 1. The van der Waals surface area contributed by atoms with Crippen LogP contribution in [0.2, 0.25) is 0 Å². The zero-order valence-corrected chi connectivity index (χ0v) is 12.0. The van der Waals surface area contributed by atoms with Gasteiger partial charge in [0, 0.05) is 32.8 Å². The summed E-state index contributed by atoms with van der Waals surface area (Å²) in [5, 5.41) is 0. The molecule has 0 saturated carbocycles. The van der Waals surface area contributed by atoms with E-state index in [0.717, 1.165) is 26.2 Å². The number of ether oxygens (including phenoxy) is 1. The standard InChI is InChI=1S/C12H23N3O2S/c1-3-17-9-4-11(16)15-7-5-14(6-8-15)10(2)12(13)18/h10H,3-9H2,1-2H3,(H2,13,18). The predicted molar refractivity (Wildman–Crippen MR) is 75.5 cm³/mol. The minimum atomic E-state index is 0.112. The minimum absolute atomic E-state index is 0.112. The largest absolute Gasteiger partial charge is 0.392 e. The summed E-state index contributed by atoms with van der Waals surface area (Å²) in [4.78, 5) is 16.5. The zero-order valence-electron chi connectivity index (χ0n) is 11.2. The lowest BCUT2D eigenvalue weighted by Crippen LogP contribution is -2.54. The van der Waals surface area contributed by atoms with Crippen molar-refractivity contribution in [3.63, 3.8) is 0 Å². The molecule has 104 valence electrons. The number of nitrogens with zero attached hydrogens (tertiary/aromatic N) is 2. The molecule has 0 radical (unpaired) electrons. The Hall–Kier alpha value is -0.720. The summed E-state index contributed by atoms with van der Waals surface area (Å²) < 4.78 is 5.19. The molecule has 0 spiro atoms. The molecule has 1 atom stereocenters. The average Bonchev–Trinajstić information content (AvgIpc) is 2.38. The van der Waals surface area contributed by atoms with Crippen molar-refractivity contribution in [3.05, 3.63) is 0 Å². The SMILES string of the molecule is CCOCCC(=O)N1CCN(C(C)C(N)=S)CC1. The van der Waals surface area contributed by atoms with Crippen LogP contribution < -0.4 is 5.73 Å². The summed E-state index contributed by atoms with van der Waals surface area (Å²) in [7, 11) is 0. The number of rotatable bonds is 6. The number of piperazine rings is 1. The van der Waals surface area contributed by atoms with Crippen LogP contribution >= 0.6 is 12.2 Å². The van der Waals surface area contributed by atoms with Crippen molar-refractivity contribution in [1.29, 1.82) is 0 Å². The number of nitrogens with two attached hydrogens (primary N) is 1. The van der Waals surface area contributed by atoms with Crippen LogP contribution in [0, 0.1) is 0 Å². The maximum atomic E-state index is 11.9. The van der Waals surface area contributed by atoms with Crippen molar-refractivity contribution in [3.8, 4) is 0 Å². The first-order chi connectivity index (χ1) is 8.56. The zero-order chi connectivity index (χ0) is 13.5. The quantitative estimate of drug-likeness (QED) is 0.554. The summed E-state index contributed by atoms with van der Waals surface area (Å²) in [6, 6.07) is 0.112. The fourth-order valence-electron chi connectivity index (χ4n) is 2.00. The molecule has 0 aromatic heterocycles. The first-order valence-corrected chi connectivity index (χ1v) is 6.86. The van der Waals surface area contributed by atoms with E-state index < -0.39 is 0 Å². The number of hydrogen-bond acceptors (Lipinski definition) is 4. The second-order valence-electron chi connectivity index (χ2n) is 4.44. The van der Waals surface area contributed by atoms with E-state index in [4.69, 9.17) is 22.7 Å². The van der Waals surface area contributed by atoms with Crippen LogP contribution in [0.1, 0.15) is 20.3 Å². The van der Waals surface area contributed by atoms with Gasteiger partial charge in [0.15, 0.2) is 0 Å². The van der Waals surface area contributed by atoms with Crippen molar-refractivity contribution in [2.45, 2.75) is 26.3 Å². The molecule has 1 amide bonds. The molecule has 1 heterocycles. The van der Waals surface area contributed by atoms with E-state index in [2.05, 4.69) is 4.90 Å². The highest BCUT2D eigenvalue weighted by molar-refractivity contribution is 7.80. The molecule has 1 aliphatic heterocycles. The lowest BCUT2D eigenvalue weighted by Gasteiger charge is -2.37. The number of carbonyl (C=O) groups is 1. The van der Waals surface area contributed by atoms with Gasteiger partial charge in [-0.1, -0.05) is 12.2 Å². The van der Waals surface area contributed by atoms with Crippen LogP contribution in [-0.2, 0) is 9.53 Å². The Bertz CT molecular complexity index is 291. The minimum Gasteiger partial charge on any atom is -0.392 e. The van der Waals surface area contributed by atoms with Gasteiger partial charge in [0.2, 0.25) is 5.91 Å². The van der Waals surface area contributed by atoms with Crippen molar-refractivity contribution in [2.75, 3.05) is 39.4 Å². The highest BCUT2D eigenvalue weighted by Crippen LogP contribution is 2.08. The summed E-state index contributed by atoms with van der Waals surface area (Å²) >= 11 is 4.99. The van der Waals surface area contributed by atoms with E-state index in [1.165, 1.54) is 0 Å². The number of amides is 1. The first kappa shape index (κ1) is 15.3. The van der Waals surface area contributed by atoms with E-state index in [9.17, 15) is 4.79 Å².